The monoisotopic (exact) mass is 213 g/mol. The zero-order chi connectivity index (χ0) is 11.3. The Labute approximate surface area is 92.6 Å². The summed E-state index contributed by atoms with van der Waals surface area (Å²) in [5, 5.41) is 3.28. The molecule has 0 spiro atoms. The van der Waals surface area contributed by atoms with Crippen LogP contribution in [-0.4, -0.2) is 25.2 Å². The molecule has 3 heteroatoms. The molecule has 1 rings (SSSR count). The van der Waals surface area contributed by atoms with Gasteiger partial charge in [-0.1, -0.05) is 13.3 Å². The number of hydrogen-bond donors (Lipinski definition) is 1. The molecular formula is C12H23NO2. The molecule has 0 saturated heterocycles. The van der Waals surface area contributed by atoms with E-state index in [1.165, 1.54) is 25.7 Å². The lowest BCUT2D eigenvalue weighted by Crippen LogP contribution is -2.38. The molecule has 0 aromatic heterocycles. The van der Waals surface area contributed by atoms with Gasteiger partial charge in [0, 0.05) is 6.54 Å². The van der Waals surface area contributed by atoms with Gasteiger partial charge in [-0.05, 0) is 38.5 Å². The summed E-state index contributed by atoms with van der Waals surface area (Å²) >= 11 is 0. The Balaban J connectivity index is 2.21. The topological polar surface area (TPSA) is 38.3 Å². The minimum absolute atomic E-state index is 0.134. The van der Waals surface area contributed by atoms with Crippen molar-refractivity contribution in [3.63, 3.8) is 0 Å². The number of carbonyl (C=O) groups excluding carboxylic acids is 1. The third-order valence-electron chi connectivity index (χ3n) is 3.16. The molecule has 0 amide bonds. The summed E-state index contributed by atoms with van der Waals surface area (Å²) in [4.78, 5) is 11.4. The summed E-state index contributed by atoms with van der Waals surface area (Å²) in [6, 6.07) is -0.167. The summed E-state index contributed by atoms with van der Waals surface area (Å²) in [6.45, 7) is 7.35. The van der Waals surface area contributed by atoms with Gasteiger partial charge in [-0.15, -0.1) is 0 Å². The molecule has 15 heavy (non-hydrogen) atoms. The fraction of sp³-hybridized carbons (Fsp3) is 0.917. The molecule has 0 aromatic carbocycles. The van der Waals surface area contributed by atoms with Crippen LogP contribution in [0, 0.1) is 5.41 Å². The van der Waals surface area contributed by atoms with Gasteiger partial charge in [0.1, 0.15) is 6.04 Å². The third kappa shape index (κ3) is 3.82. The van der Waals surface area contributed by atoms with Gasteiger partial charge in [-0.2, -0.15) is 0 Å². The number of nitrogens with one attached hydrogen (secondary N) is 1. The Hall–Kier alpha value is -0.570. The molecular weight excluding hydrogens is 190 g/mol. The maximum absolute atomic E-state index is 11.4. The van der Waals surface area contributed by atoms with Gasteiger partial charge in [0.05, 0.1) is 6.61 Å². The van der Waals surface area contributed by atoms with Crippen LogP contribution in [0.2, 0.25) is 0 Å². The minimum atomic E-state index is -0.167. The molecule has 1 aliphatic carbocycles. The Morgan fingerprint density at radius 3 is 2.60 bits per heavy atom. The van der Waals surface area contributed by atoms with Crippen molar-refractivity contribution < 1.29 is 9.53 Å². The summed E-state index contributed by atoms with van der Waals surface area (Å²) in [5.41, 5.74) is 0.496. The van der Waals surface area contributed by atoms with E-state index in [9.17, 15) is 4.79 Å². The Morgan fingerprint density at radius 1 is 1.47 bits per heavy atom. The van der Waals surface area contributed by atoms with E-state index in [4.69, 9.17) is 4.74 Å². The van der Waals surface area contributed by atoms with Crippen LogP contribution in [0.3, 0.4) is 0 Å². The van der Waals surface area contributed by atoms with Crippen LogP contribution in [0.5, 0.6) is 0 Å². The van der Waals surface area contributed by atoms with Gasteiger partial charge in [-0.3, -0.25) is 4.79 Å². The van der Waals surface area contributed by atoms with Crippen LogP contribution < -0.4 is 5.32 Å². The molecule has 0 radical (unpaired) electrons. The predicted molar refractivity (Wildman–Crippen MR) is 60.7 cm³/mol. The maximum atomic E-state index is 11.4. The van der Waals surface area contributed by atoms with E-state index in [1.54, 1.807) is 0 Å². The highest BCUT2D eigenvalue weighted by atomic mass is 16.5. The van der Waals surface area contributed by atoms with Crippen LogP contribution in [0.4, 0.5) is 0 Å². The van der Waals surface area contributed by atoms with Crippen molar-refractivity contribution in [3.05, 3.63) is 0 Å². The Kier molecular flexibility index (Phi) is 4.58. The smallest absolute Gasteiger partial charge is 0.322 e. The molecule has 1 saturated carbocycles. The molecule has 1 aliphatic rings. The Morgan fingerprint density at radius 2 is 2.13 bits per heavy atom. The van der Waals surface area contributed by atoms with E-state index in [1.807, 2.05) is 13.8 Å². The SMILES string of the molecule is CCCC1(CNC(C)C(=O)OCC)CC1. The van der Waals surface area contributed by atoms with Gasteiger partial charge in [0.15, 0.2) is 0 Å². The summed E-state index contributed by atoms with van der Waals surface area (Å²) in [6.07, 6.45) is 5.12. The maximum Gasteiger partial charge on any atom is 0.322 e. The molecule has 0 heterocycles. The predicted octanol–water partition coefficient (Wildman–Crippen LogP) is 2.11. The third-order valence-corrected chi connectivity index (χ3v) is 3.16. The average molecular weight is 213 g/mol. The highest BCUT2D eigenvalue weighted by Gasteiger charge is 2.41. The standard InChI is InChI=1S/C12H23NO2/c1-4-6-12(7-8-12)9-13-10(3)11(14)15-5-2/h10,13H,4-9H2,1-3H3. The second-order valence-corrected chi connectivity index (χ2v) is 4.60. The van der Waals surface area contributed by atoms with E-state index in [-0.39, 0.29) is 12.0 Å². The highest BCUT2D eigenvalue weighted by molar-refractivity contribution is 5.75. The molecule has 1 N–H and O–H groups in total. The van der Waals surface area contributed by atoms with E-state index >= 15 is 0 Å². The van der Waals surface area contributed by atoms with Crippen LogP contribution in [0.25, 0.3) is 0 Å². The minimum Gasteiger partial charge on any atom is -0.465 e. The van der Waals surface area contributed by atoms with E-state index in [0.29, 0.717) is 12.0 Å². The van der Waals surface area contributed by atoms with Crippen LogP contribution in [-0.2, 0) is 9.53 Å². The number of rotatable bonds is 7. The molecule has 1 fully saturated rings. The largest absolute Gasteiger partial charge is 0.465 e. The van der Waals surface area contributed by atoms with Gasteiger partial charge < -0.3 is 10.1 Å². The second-order valence-electron chi connectivity index (χ2n) is 4.60. The first-order valence-electron chi connectivity index (χ1n) is 6.03. The average Bonchev–Trinajstić information content (AvgIpc) is 2.96. The van der Waals surface area contributed by atoms with Gasteiger partial charge >= 0.3 is 5.97 Å². The van der Waals surface area contributed by atoms with E-state index in [2.05, 4.69) is 12.2 Å². The lowest BCUT2D eigenvalue weighted by molar-refractivity contribution is -0.145. The van der Waals surface area contributed by atoms with E-state index in [0.717, 1.165) is 6.54 Å². The fourth-order valence-electron chi connectivity index (χ4n) is 1.94. The quantitative estimate of drug-likeness (QED) is 0.658. The Bertz CT molecular complexity index is 212. The number of ether oxygens (including phenoxy) is 1. The van der Waals surface area contributed by atoms with Crippen LogP contribution in [0.15, 0.2) is 0 Å². The fourth-order valence-corrected chi connectivity index (χ4v) is 1.94. The molecule has 1 atom stereocenters. The lowest BCUT2D eigenvalue weighted by atomic mass is 10.0. The molecule has 0 aliphatic heterocycles. The summed E-state index contributed by atoms with van der Waals surface area (Å²) < 4.78 is 4.95. The molecule has 3 nitrogen and oxygen atoms in total. The second kappa shape index (κ2) is 5.50. The highest BCUT2D eigenvalue weighted by Crippen LogP contribution is 2.48. The van der Waals surface area contributed by atoms with Crippen molar-refractivity contribution in [3.8, 4) is 0 Å². The first kappa shape index (κ1) is 12.5. The number of hydrogen-bond acceptors (Lipinski definition) is 3. The van der Waals surface area contributed by atoms with Crippen molar-refractivity contribution >= 4 is 5.97 Å². The zero-order valence-electron chi connectivity index (χ0n) is 10.1. The van der Waals surface area contributed by atoms with Crippen molar-refractivity contribution in [2.45, 2.75) is 52.5 Å². The molecule has 0 bridgehead atoms. The molecule has 0 aromatic rings. The number of carbonyl (C=O) groups is 1. The van der Waals surface area contributed by atoms with Gasteiger partial charge in [-0.25, -0.2) is 0 Å². The molecule has 1 unspecified atom stereocenters. The van der Waals surface area contributed by atoms with Gasteiger partial charge in [0.2, 0.25) is 0 Å². The van der Waals surface area contributed by atoms with E-state index < -0.39 is 0 Å². The van der Waals surface area contributed by atoms with Crippen LogP contribution in [0.1, 0.15) is 46.5 Å². The van der Waals surface area contributed by atoms with Crippen molar-refractivity contribution in [1.82, 2.24) is 5.32 Å². The van der Waals surface area contributed by atoms with Crippen LogP contribution >= 0.6 is 0 Å². The van der Waals surface area contributed by atoms with Crippen molar-refractivity contribution in [2.24, 2.45) is 5.41 Å². The van der Waals surface area contributed by atoms with Crippen molar-refractivity contribution in [2.75, 3.05) is 13.2 Å². The number of esters is 1. The molecule has 88 valence electrons. The zero-order valence-corrected chi connectivity index (χ0v) is 10.1. The summed E-state index contributed by atoms with van der Waals surface area (Å²) in [7, 11) is 0. The first-order chi connectivity index (χ1) is 7.13. The van der Waals surface area contributed by atoms with Crippen molar-refractivity contribution in [1.29, 1.82) is 0 Å². The lowest BCUT2D eigenvalue weighted by Gasteiger charge is -2.18. The first-order valence-corrected chi connectivity index (χ1v) is 6.03. The van der Waals surface area contributed by atoms with Gasteiger partial charge in [0.25, 0.3) is 0 Å². The summed E-state index contributed by atoms with van der Waals surface area (Å²) in [5.74, 6) is -0.134. The normalized spacial score (nSPS) is 19.7.